The number of aromatic nitrogens is 3. The summed E-state index contributed by atoms with van der Waals surface area (Å²) in [5, 5.41) is 9.23. The smallest absolute Gasteiger partial charge is 0.258 e. The Morgan fingerprint density at radius 3 is 2.44 bits per heavy atom. The van der Waals surface area contributed by atoms with Crippen molar-refractivity contribution >= 4 is 11.9 Å². The van der Waals surface area contributed by atoms with Crippen LogP contribution in [0.3, 0.4) is 0 Å². The summed E-state index contributed by atoms with van der Waals surface area (Å²) >= 11 is 0. The maximum Gasteiger partial charge on any atom is 0.258 e. The molecular weight excluding hydrogens is 328 g/mol. The van der Waals surface area contributed by atoms with Crippen molar-refractivity contribution in [1.29, 1.82) is 0 Å². The fourth-order valence-corrected chi connectivity index (χ4v) is 2.23. The standard InChI is InChI=1S/C16H16N4O5/c1-22-11-7-9(8-12(23-2)13(11)24-3)15(21)18-16-17-14(19-20-16)10-5-4-6-25-10/h4-8H,1-3H3,(H2,17,18,19,20,21). The lowest BCUT2D eigenvalue weighted by atomic mass is 10.1. The van der Waals surface area contributed by atoms with E-state index in [0.29, 0.717) is 34.4 Å². The third kappa shape index (κ3) is 3.25. The average molecular weight is 344 g/mol. The number of methoxy groups -OCH3 is 3. The summed E-state index contributed by atoms with van der Waals surface area (Å²) in [6.45, 7) is 0. The highest BCUT2D eigenvalue weighted by molar-refractivity contribution is 6.04. The second kappa shape index (κ2) is 6.95. The van der Waals surface area contributed by atoms with Gasteiger partial charge in [0.15, 0.2) is 23.1 Å². The minimum Gasteiger partial charge on any atom is -0.493 e. The van der Waals surface area contributed by atoms with Gasteiger partial charge in [-0.15, -0.1) is 5.10 Å². The zero-order valence-electron chi connectivity index (χ0n) is 13.8. The van der Waals surface area contributed by atoms with E-state index in [0.717, 1.165) is 0 Å². The number of benzene rings is 1. The molecule has 0 bridgehead atoms. The van der Waals surface area contributed by atoms with E-state index in [1.54, 1.807) is 12.1 Å². The molecule has 25 heavy (non-hydrogen) atoms. The van der Waals surface area contributed by atoms with Crippen molar-refractivity contribution < 1.29 is 23.4 Å². The molecule has 0 saturated carbocycles. The topological polar surface area (TPSA) is 112 Å². The summed E-state index contributed by atoms with van der Waals surface area (Å²) in [6.07, 6.45) is 1.52. The number of carbonyl (C=O) groups is 1. The number of rotatable bonds is 6. The van der Waals surface area contributed by atoms with Crippen LogP contribution in [0.5, 0.6) is 17.2 Å². The van der Waals surface area contributed by atoms with Crippen LogP contribution in [0.4, 0.5) is 5.95 Å². The second-order valence-corrected chi connectivity index (χ2v) is 4.85. The number of hydrogen-bond acceptors (Lipinski definition) is 7. The molecule has 0 radical (unpaired) electrons. The molecule has 3 rings (SSSR count). The lowest BCUT2D eigenvalue weighted by Gasteiger charge is -2.13. The number of aromatic amines is 1. The Bertz CT molecular complexity index is 848. The number of nitrogens with zero attached hydrogens (tertiary/aromatic N) is 2. The number of nitrogens with one attached hydrogen (secondary N) is 2. The molecule has 1 aromatic carbocycles. The fourth-order valence-electron chi connectivity index (χ4n) is 2.23. The lowest BCUT2D eigenvalue weighted by molar-refractivity contribution is 0.102. The molecule has 2 N–H and O–H groups in total. The number of carbonyl (C=O) groups excluding carboxylic acids is 1. The van der Waals surface area contributed by atoms with Crippen LogP contribution in [0, 0.1) is 0 Å². The van der Waals surface area contributed by atoms with Crippen LogP contribution in [0.15, 0.2) is 34.9 Å². The monoisotopic (exact) mass is 344 g/mol. The highest BCUT2D eigenvalue weighted by Gasteiger charge is 2.18. The first-order valence-electron chi connectivity index (χ1n) is 7.24. The van der Waals surface area contributed by atoms with E-state index in [1.165, 1.54) is 39.7 Å². The highest BCUT2D eigenvalue weighted by atomic mass is 16.5. The number of ether oxygens (including phenoxy) is 3. The summed E-state index contributed by atoms with van der Waals surface area (Å²) < 4.78 is 20.9. The van der Waals surface area contributed by atoms with Gasteiger partial charge in [-0.3, -0.25) is 15.2 Å². The molecule has 0 unspecified atom stereocenters. The highest BCUT2D eigenvalue weighted by Crippen LogP contribution is 2.38. The maximum atomic E-state index is 12.5. The van der Waals surface area contributed by atoms with E-state index in [2.05, 4.69) is 20.5 Å². The zero-order chi connectivity index (χ0) is 17.8. The quantitative estimate of drug-likeness (QED) is 0.706. The van der Waals surface area contributed by atoms with Gasteiger partial charge in [-0.25, -0.2) is 0 Å². The van der Waals surface area contributed by atoms with Gasteiger partial charge in [-0.2, -0.15) is 4.98 Å². The molecule has 0 aliphatic carbocycles. The van der Waals surface area contributed by atoms with Crippen molar-refractivity contribution in [3.05, 3.63) is 36.1 Å². The Morgan fingerprint density at radius 1 is 1.16 bits per heavy atom. The summed E-state index contributed by atoms with van der Waals surface area (Å²) in [5.41, 5.74) is 0.304. The molecular formula is C16H16N4O5. The average Bonchev–Trinajstić information content (AvgIpc) is 3.31. The summed E-state index contributed by atoms with van der Waals surface area (Å²) in [4.78, 5) is 16.6. The van der Waals surface area contributed by atoms with Gasteiger partial charge in [0, 0.05) is 5.56 Å². The predicted octanol–water partition coefficient (Wildman–Crippen LogP) is 2.34. The second-order valence-electron chi connectivity index (χ2n) is 4.85. The molecule has 1 amide bonds. The maximum absolute atomic E-state index is 12.5. The first kappa shape index (κ1) is 16.4. The van der Waals surface area contributed by atoms with Crippen LogP contribution in [0.25, 0.3) is 11.6 Å². The minimum atomic E-state index is -0.427. The van der Waals surface area contributed by atoms with E-state index >= 15 is 0 Å². The summed E-state index contributed by atoms with van der Waals surface area (Å²) in [7, 11) is 4.44. The van der Waals surface area contributed by atoms with Gasteiger partial charge in [-0.05, 0) is 24.3 Å². The van der Waals surface area contributed by atoms with Crippen molar-refractivity contribution in [2.45, 2.75) is 0 Å². The Kier molecular flexibility index (Phi) is 4.55. The minimum absolute atomic E-state index is 0.116. The van der Waals surface area contributed by atoms with E-state index in [-0.39, 0.29) is 5.95 Å². The van der Waals surface area contributed by atoms with Gasteiger partial charge in [0.05, 0.1) is 27.6 Å². The fraction of sp³-hybridized carbons (Fsp3) is 0.188. The van der Waals surface area contributed by atoms with Gasteiger partial charge in [0.2, 0.25) is 11.7 Å². The molecule has 0 atom stereocenters. The van der Waals surface area contributed by atoms with E-state index < -0.39 is 5.91 Å². The lowest BCUT2D eigenvalue weighted by Crippen LogP contribution is -2.13. The van der Waals surface area contributed by atoms with Crippen molar-refractivity contribution in [2.75, 3.05) is 26.6 Å². The molecule has 0 fully saturated rings. The van der Waals surface area contributed by atoms with Crippen molar-refractivity contribution in [3.8, 4) is 28.8 Å². The number of hydrogen-bond donors (Lipinski definition) is 2. The number of anilines is 1. The van der Waals surface area contributed by atoms with Gasteiger partial charge >= 0.3 is 0 Å². The van der Waals surface area contributed by atoms with Crippen LogP contribution in [-0.2, 0) is 0 Å². The van der Waals surface area contributed by atoms with E-state index in [1.807, 2.05) is 0 Å². The molecule has 0 saturated heterocycles. The van der Waals surface area contributed by atoms with E-state index in [9.17, 15) is 4.79 Å². The Balaban J connectivity index is 1.84. The number of furan rings is 1. The molecule has 130 valence electrons. The van der Waals surface area contributed by atoms with Crippen molar-refractivity contribution in [3.63, 3.8) is 0 Å². The SMILES string of the molecule is COc1cc(C(=O)Nc2n[nH]c(-c3ccco3)n2)cc(OC)c1OC. The Morgan fingerprint density at radius 2 is 1.88 bits per heavy atom. The molecule has 2 heterocycles. The van der Waals surface area contributed by atoms with Gasteiger partial charge in [-0.1, -0.05) is 0 Å². The van der Waals surface area contributed by atoms with Gasteiger partial charge in [0.25, 0.3) is 5.91 Å². The van der Waals surface area contributed by atoms with Gasteiger partial charge in [0.1, 0.15) is 0 Å². The van der Waals surface area contributed by atoms with Crippen LogP contribution < -0.4 is 19.5 Å². The Hall–Kier alpha value is -3.49. The first-order chi connectivity index (χ1) is 12.2. The number of amides is 1. The zero-order valence-corrected chi connectivity index (χ0v) is 13.8. The van der Waals surface area contributed by atoms with Crippen LogP contribution in [0.2, 0.25) is 0 Å². The van der Waals surface area contributed by atoms with Crippen LogP contribution in [0.1, 0.15) is 10.4 Å². The molecule has 0 aliphatic heterocycles. The largest absolute Gasteiger partial charge is 0.493 e. The molecule has 0 aliphatic rings. The molecule has 3 aromatic rings. The third-order valence-electron chi connectivity index (χ3n) is 3.39. The molecule has 0 spiro atoms. The Labute approximate surface area is 142 Å². The van der Waals surface area contributed by atoms with Crippen LogP contribution in [-0.4, -0.2) is 42.4 Å². The summed E-state index contributed by atoms with van der Waals surface area (Å²) in [6, 6.07) is 6.53. The van der Waals surface area contributed by atoms with Crippen molar-refractivity contribution in [2.24, 2.45) is 0 Å². The molecule has 9 nitrogen and oxygen atoms in total. The molecule has 9 heteroatoms. The number of H-pyrrole nitrogens is 1. The van der Waals surface area contributed by atoms with Crippen molar-refractivity contribution in [1.82, 2.24) is 15.2 Å². The third-order valence-corrected chi connectivity index (χ3v) is 3.39. The van der Waals surface area contributed by atoms with Gasteiger partial charge < -0.3 is 18.6 Å². The normalized spacial score (nSPS) is 10.4. The molecule has 2 aromatic heterocycles. The summed E-state index contributed by atoms with van der Waals surface area (Å²) in [5.74, 6) is 1.76. The first-order valence-corrected chi connectivity index (χ1v) is 7.24. The predicted molar refractivity (Wildman–Crippen MR) is 88.1 cm³/mol. The van der Waals surface area contributed by atoms with E-state index in [4.69, 9.17) is 18.6 Å². The van der Waals surface area contributed by atoms with Crippen LogP contribution >= 0.6 is 0 Å².